The van der Waals surface area contributed by atoms with Crippen molar-refractivity contribution in [3.05, 3.63) is 0 Å². The van der Waals surface area contributed by atoms with Crippen molar-refractivity contribution < 1.29 is 4.79 Å². The van der Waals surface area contributed by atoms with Gasteiger partial charge in [-0.25, -0.2) is 0 Å². The highest BCUT2D eigenvalue weighted by Crippen LogP contribution is 2.28. The molecule has 1 unspecified atom stereocenters. The molecule has 0 radical (unpaired) electrons. The second-order valence-corrected chi connectivity index (χ2v) is 8.14. The van der Waals surface area contributed by atoms with Crippen LogP contribution in [0.4, 0.5) is 0 Å². The van der Waals surface area contributed by atoms with Gasteiger partial charge in [-0.05, 0) is 32.1 Å². The monoisotopic (exact) mass is 294 g/mol. The van der Waals surface area contributed by atoms with E-state index in [0.717, 1.165) is 31.8 Å². The van der Waals surface area contributed by atoms with E-state index in [2.05, 4.69) is 37.9 Å². The van der Waals surface area contributed by atoms with Crippen molar-refractivity contribution in [2.75, 3.05) is 13.1 Å². The number of hydrogen-bond acceptors (Lipinski definition) is 2. The number of piperazine rings is 1. The predicted molar refractivity (Wildman–Crippen MR) is 88.2 cm³/mol. The minimum atomic E-state index is 0.0475. The van der Waals surface area contributed by atoms with Gasteiger partial charge in [-0.3, -0.25) is 4.79 Å². The molecule has 3 heteroatoms. The Balaban J connectivity index is 1.90. The molecule has 2 rings (SSSR count). The standard InChI is InChI=1S/C18H34N2O/c1-14(2)16-12-19-18(3,4)13-20(16)17(21)11-10-15-8-6-5-7-9-15/h14-16,19H,5-13H2,1-4H3. The third-order valence-corrected chi connectivity index (χ3v) is 5.34. The highest BCUT2D eigenvalue weighted by molar-refractivity contribution is 5.76. The van der Waals surface area contributed by atoms with Gasteiger partial charge in [0.15, 0.2) is 0 Å². The largest absolute Gasteiger partial charge is 0.336 e. The Kier molecular flexibility index (Phi) is 5.70. The van der Waals surface area contributed by atoms with Crippen LogP contribution in [0.1, 0.15) is 72.6 Å². The molecule has 0 bridgehead atoms. The fourth-order valence-electron chi connectivity index (χ4n) is 3.91. The van der Waals surface area contributed by atoms with Gasteiger partial charge in [-0.1, -0.05) is 46.0 Å². The first-order chi connectivity index (χ1) is 9.89. The van der Waals surface area contributed by atoms with Gasteiger partial charge in [0.25, 0.3) is 0 Å². The molecule has 1 amide bonds. The van der Waals surface area contributed by atoms with Crippen LogP contribution in [0.15, 0.2) is 0 Å². The van der Waals surface area contributed by atoms with E-state index in [1.54, 1.807) is 0 Å². The normalized spacial score (nSPS) is 27.1. The van der Waals surface area contributed by atoms with E-state index in [4.69, 9.17) is 0 Å². The molecule has 122 valence electrons. The maximum atomic E-state index is 12.7. The van der Waals surface area contributed by atoms with E-state index in [-0.39, 0.29) is 5.54 Å². The second-order valence-electron chi connectivity index (χ2n) is 8.14. The fourth-order valence-corrected chi connectivity index (χ4v) is 3.91. The summed E-state index contributed by atoms with van der Waals surface area (Å²) in [6.07, 6.45) is 8.67. The first kappa shape index (κ1) is 16.8. The number of nitrogens with zero attached hydrogens (tertiary/aromatic N) is 1. The second kappa shape index (κ2) is 7.13. The Labute approximate surface area is 130 Å². The minimum absolute atomic E-state index is 0.0475. The van der Waals surface area contributed by atoms with Crippen molar-refractivity contribution in [3.63, 3.8) is 0 Å². The molecule has 21 heavy (non-hydrogen) atoms. The first-order valence-corrected chi connectivity index (χ1v) is 8.93. The summed E-state index contributed by atoms with van der Waals surface area (Å²) in [6, 6.07) is 0.358. The third kappa shape index (κ3) is 4.70. The predicted octanol–water partition coefficient (Wildman–Crippen LogP) is 3.58. The lowest BCUT2D eigenvalue weighted by molar-refractivity contribution is -0.137. The van der Waals surface area contributed by atoms with Gasteiger partial charge in [0.1, 0.15) is 0 Å². The summed E-state index contributed by atoms with van der Waals surface area (Å²) in [6.45, 7) is 10.6. The van der Waals surface area contributed by atoms with Crippen molar-refractivity contribution in [1.29, 1.82) is 0 Å². The number of amides is 1. The van der Waals surface area contributed by atoms with Crippen LogP contribution in [0.3, 0.4) is 0 Å². The van der Waals surface area contributed by atoms with E-state index in [9.17, 15) is 4.79 Å². The zero-order valence-corrected chi connectivity index (χ0v) is 14.5. The van der Waals surface area contributed by atoms with Crippen molar-refractivity contribution in [2.45, 2.75) is 84.2 Å². The summed E-state index contributed by atoms with van der Waals surface area (Å²) >= 11 is 0. The lowest BCUT2D eigenvalue weighted by atomic mass is 9.85. The zero-order chi connectivity index (χ0) is 15.5. The molecule has 1 aliphatic carbocycles. The molecule has 0 aromatic carbocycles. The molecule has 2 fully saturated rings. The molecule has 3 nitrogen and oxygen atoms in total. The van der Waals surface area contributed by atoms with Crippen molar-refractivity contribution >= 4 is 5.91 Å². The van der Waals surface area contributed by atoms with E-state index < -0.39 is 0 Å². The van der Waals surface area contributed by atoms with Crippen LogP contribution in [0, 0.1) is 11.8 Å². The summed E-state index contributed by atoms with van der Waals surface area (Å²) in [4.78, 5) is 14.9. The molecule has 1 N–H and O–H groups in total. The molecule has 1 saturated heterocycles. The van der Waals surface area contributed by atoms with Gasteiger partial charge in [-0.15, -0.1) is 0 Å². The van der Waals surface area contributed by atoms with Gasteiger partial charge in [0.05, 0.1) is 0 Å². The van der Waals surface area contributed by atoms with Crippen molar-refractivity contribution in [2.24, 2.45) is 11.8 Å². The lowest BCUT2D eigenvalue weighted by Crippen LogP contribution is -2.64. The van der Waals surface area contributed by atoms with Gasteiger partial charge in [0, 0.05) is 31.1 Å². The summed E-state index contributed by atoms with van der Waals surface area (Å²) in [5.41, 5.74) is 0.0475. The topological polar surface area (TPSA) is 32.3 Å². The van der Waals surface area contributed by atoms with Crippen LogP contribution < -0.4 is 5.32 Å². The Morgan fingerprint density at radius 1 is 1.24 bits per heavy atom. The molecular weight excluding hydrogens is 260 g/mol. The Morgan fingerprint density at radius 3 is 2.52 bits per heavy atom. The van der Waals surface area contributed by atoms with E-state index in [0.29, 0.717) is 17.9 Å². The number of carbonyl (C=O) groups excluding carboxylic acids is 1. The Morgan fingerprint density at radius 2 is 1.90 bits per heavy atom. The average Bonchev–Trinajstić information content (AvgIpc) is 2.44. The number of hydrogen-bond donors (Lipinski definition) is 1. The van der Waals surface area contributed by atoms with E-state index >= 15 is 0 Å². The van der Waals surface area contributed by atoms with Crippen LogP contribution in [-0.2, 0) is 4.79 Å². The molecule has 0 aromatic heterocycles. The molecule has 2 aliphatic rings. The summed E-state index contributed by atoms with van der Waals surface area (Å²) in [5, 5.41) is 3.59. The highest BCUT2D eigenvalue weighted by atomic mass is 16.2. The van der Waals surface area contributed by atoms with Gasteiger partial charge in [-0.2, -0.15) is 0 Å². The maximum absolute atomic E-state index is 12.7. The van der Waals surface area contributed by atoms with Crippen molar-refractivity contribution in [1.82, 2.24) is 10.2 Å². The smallest absolute Gasteiger partial charge is 0.222 e. The molecule has 0 aromatic rings. The number of rotatable bonds is 4. The average molecular weight is 294 g/mol. The Bertz CT molecular complexity index is 345. The van der Waals surface area contributed by atoms with Crippen LogP contribution in [0.25, 0.3) is 0 Å². The number of carbonyl (C=O) groups is 1. The molecule has 1 aliphatic heterocycles. The van der Waals surface area contributed by atoms with Crippen LogP contribution in [-0.4, -0.2) is 35.5 Å². The van der Waals surface area contributed by atoms with Crippen LogP contribution in [0.5, 0.6) is 0 Å². The van der Waals surface area contributed by atoms with Crippen LogP contribution >= 0.6 is 0 Å². The summed E-state index contributed by atoms with van der Waals surface area (Å²) in [5.74, 6) is 1.71. The highest BCUT2D eigenvalue weighted by Gasteiger charge is 2.36. The molecular formula is C18H34N2O. The summed E-state index contributed by atoms with van der Waals surface area (Å²) in [7, 11) is 0. The first-order valence-electron chi connectivity index (χ1n) is 8.93. The van der Waals surface area contributed by atoms with E-state index in [1.165, 1.54) is 32.1 Å². The van der Waals surface area contributed by atoms with Gasteiger partial charge in [0.2, 0.25) is 5.91 Å². The quantitative estimate of drug-likeness (QED) is 0.859. The van der Waals surface area contributed by atoms with Crippen molar-refractivity contribution in [3.8, 4) is 0 Å². The van der Waals surface area contributed by atoms with E-state index in [1.807, 2.05) is 0 Å². The third-order valence-electron chi connectivity index (χ3n) is 5.34. The molecule has 1 heterocycles. The minimum Gasteiger partial charge on any atom is -0.336 e. The maximum Gasteiger partial charge on any atom is 0.222 e. The molecule has 0 spiro atoms. The summed E-state index contributed by atoms with van der Waals surface area (Å²) < 4.78 is 0. The van der Waals surface area contributed by atoms with Crippen LogP contribution in [0.2, 0.25) is 0 Å². The van der Waals surface area contributed by atoms with Gasteiger partial charge >= 0.3 is 0 Å². The lowest BCUT2D eigenvalue weighted by Gasteiger charge is -2.46. The fraction of sp³-hybridized carbons (Fsp3) is 0.944. The molecule has 1 saturated carbocycles. The SMILES string of the molecule is CC(C)C1CNC(C)(C)CN1C(=O)CCC1CCCCC1. The van der Waals surface area contributed by atoms with Gasteiger partial charge < -0.3 is 10.2 Å². The zero-order valence-electron chi connectivity index (χ0n) is 14.5. The number of nitrogens with one attached hydrogen (secondary N) is 1. The Hall–Kier alpha value is -0.570. The molecule has 1 atom stereocenters.